The highest BCUT2D eigenvalue weighted by Crippen LogP contribution is 2.22. The van der Waals surface area contributed by atoms with Crippen LogP contribution >= 0.6 is 11.3 Å². The number of hydrogen-bond acceptors (Lipinski definition) is 6. The molecule has 0 aliphatic carbocycles. The summed E-state index contributed by atoms with van der Waals surface area (Å²) in [5.41, 5.74) is 6.18. The SMILES string of the molecule is Cc1c(N/N=C(/C#N)c2nc(-c3ccccc3)cs2)c(=O)n(-c2ccccc2)n1C. The quantitative estimate of drug-likeness (QED) is 0.396. The Hall–Kier alpha value is -3.96. The fourth-order valence-corrected chi connectivity index (χ4v) is 3.82. The summed E-state index contributed by atoms with van der Waals surface area (Å²) in [5, 5.41) is 16.1. The molecule has 0 saturated carbocycles. The Kier molecular flexibility index (Phi) is 5.28. The van der Waals surface area contributed by atoms with E-state index in [1.165, 1.54) is 11.3 Å². The van der Waals surface area contributed by atoms with Gasteiger partial charge in [-0.15, -0.1) is 11.3 Å². The Morgan fingerprint density at radius 2 is 1.80 bits per heavy atom. The molecule has 2 aromatic carbocycles. The monoisotopic (exact) mass is 414 g/mol. The maximum absolute atomic E-state index is 13.0. The minimum atomic E-state index is -0.244. The summed E-state index contributed by atoms with van der Waals surface area (Å²) in [7, 11) is 1.80. The smallest absolute Gasteiger partial charge is 0.283 e. The van der Waals surface area contributed by atoms with E-state index < -0.39 is 0 Å². The number of para-hydroxylation sites is 1. The average Bonchev–Trinajstić information content (AvgIpc) is 3.35. The molecule has 0 spiro atoms. The van der Waals surface area contributed by atoms with Crippen LogP contribution in [-0.2, 0) is 7.05 Å². The van der Waals surface area contributed by atoms with Crippen LogP contribution in [0.4, 0.5) is 5.69 Å². The van der Waals surface area contributed by atoms with Gasteiger partial charge in [0, 0.05) is 18.0 Å². The molecule has 0 amide bonds. The zero-order chi connectivity index (χ0) is 21.1. The standard InChI is InChI=1S/C22H18N6OS/c1-15-20(22(29)28(27(15)2)17-11-7-4-8-12-17)26-25-18(13-23)21-24-19(14-30-21)16-9-5-3-6-10-16/h3-12,14,26H,1-2H3/b25-18-. The molecule has 4 rings (SSSR count). The molecular formula is C22H18N6OS. The molecule has 0 aliphatic heterocycles. The Balaban J connectivity index is 1.66. The van der Waals surface area contributed by atoms with Gasteiger partial charge in [-0.1, -0.05) is 48.5 Å². The van der Waals surface area contributed by atoms with Gasteiger partial charge in [0.25, 0.3) is 5.56 Å². The second kappa shape index (κ2) is 8.19. The molecule has 0 unspecified atom stereocenters. The third kappa shape index (κ3) is 3.54. The van der Waals surface area contributed by atoms with Crippen molar-refractivity contribution in [3.8, 4) is 23.0 Å². The maximum atomic E-state index is 13.0. The highest BCUT2D eigenvalue weighted by molar-refractivity contribution is 7.12. The highest BCUT2D eigenvalue weighted by atomic mass is 32.1. The van der Waals surface area contributed by atoms with E-state index >= 15 is 0 Å². The molecule has 2 heterocycles. The van der Waals surface area contributed by atoms with Crippen molar-refractivity contribution in [2.75, 3.05) is 5.43 Å². The van der Waals surface area contributed by atoms with Gasteiger partial charge < -0.3 is 0 Å². The van der Waals surface area contributed by atoms with E-state index in [0.29, 0.717) is 16.4 Å². The number of aromatic nitrogens is 3. The number of nitrogens with one attached hydrogen (secondary N) is 1. The van der Waals surface area contributed by atoms with E-state index in [-0.39, 0.29) is 11.3 Å². The second-order valence-corrected chi connectivity index (χ2v) is 7.38. The first kappa shape index (κ1) is 19.4. The minimum absolute atomic E-state index is 0.121. The van der Waals surface area contributed by atoms with Crippen LogP contribution in [0.25, 0.3) is 16.9 Å². The van der Waals surface area contributed by atoms with Crippen molar-refractivity contribution in [1.29, 1.82) is 5.26 Å². The average molecular weight is 414 g/mol. The molecule has 0 saturated heterocycles. The number of hydrogen-bond donors (Lipinski definition) is 1. The van der Waals surface area contributed by atoms with Crippen LogP contribution in [0.3, 0.4) is 0 Å². The molecule has 0 fully saturated rings. The zero-order valence-electron chi connectivity index (χ0n) is 16.4. The third-order valence-corrected chi connectivity index (χ3v) is 5.56. The van der Waals surface area contributed by atoms with Gasteiger partial charge in [0.05, 0.1) is 17.1 Å². The van der Waals surface area contributed by atoms with Crippen molar-refractivity contribution >= 4 is 22.7 Å². The van der Waals surface area contributed by atoms with E-state index in [2.05, 4.69) is 21.6 Å². The van der Waals surface area contributed by atoms with Crippen LogP contribution in [0, 0.1) is 18.3 Å². The molecule has 8 heteroatoms. The molecule has 0 bridgehead atoms. The minimum Gasteiger partial charge on any atom is -0.283 e. The molecule has 7 nitrogen and oxygen atoms in total. The number of rotatable bonds is 5. The lowest BCUT2D eigenvalue weighted by molar-refractivity contribution is 0.630. The second-order valence-electron chi connectivity index (χ2n) is 6.52. The number of benzene rings is 2. The largest absolute Gasteiger partial charge is 0.296 e. The van der Waals surface area contributed by atoms with E-state index in [0.717, 1.165) is 16.9 Å². The normalized spacial score (nSPS) is 11.3. The third-order valence-electron chi connectivity index (χ3n) is 4.72. The van der Waals surface area contributed by atoms with Crippen molar-refractivity contribution in [1.82, 2.24) is 14.3 Å². The van der Waals surface area contributed by atoms with Gasteiger partial charge in [-0.2, -0.15) is 10.4 Å². The van der Waals surface area contributed by atoms with E-state index in [4.69, 9.17) is 0 Å². The fourth-order valence-electron chi connectivity index (χ4n) is 3.05. The van der Waals surface area contributed by atoms with Gasteiger partial charge in [0.15, 0.2) is 10.7 Å². The molecule has 4 aromatic rings. The zero-order valence-corrected chi connectivity index (χ0v) is 17.2. The Labute approximate surface area is 177 Å². The van der Waals surface area contributed by atoms with Gasteiger partial charge in [-0.25, -0.2) is 9.67 Å². The lowest BCUT2D eigenvalue weighted by atomic mass is 10.2. The molecule has 1 N–H and O–H groups in total. The molecule has 0 atom stereocenters. The molecule has 0 radical (unpaired) electrons. The van der Waals surface area contributed by atoms with Crippen molar-refractivity contribution in [3.05, 3.63) is 87.1 Å². The van der Waals surface area contributed by atoms with Crippen LogP contribution in [0.1, 0.15) is 10.7 Å². The Morgan fingerprint density at radius 1 is 1.13 bits per heavy atom. The highest BCUT2D eigenvalue weighted by Gasteiger charge is 2.17. The lowest BCUT2D eigenvalue weighted by Gasteiger charge is -2.07. The number of thiazole rings is 1. The number of nitriles is 1. The predicted molar refractivity (Wildman–Crippen MR) is 119 cm³/mol. The molecule has 30 heavy (non-hydrogen) atoms. The summed E-state index contributed by atoms with van der Waals surface area (Å²) in [4.78, 5) is 17.5. The molecule has 0 aliphatic rings. The van der Waals surface area contributed by atoms with Crippen LogP contribution in [0.5, 0.6) is 0 Å². The van der Waals surface area contributed by atoms with Crippen LogP contribution in [-0.4, -0.2) is 20.1 Å². The van der Waals surface area contributed by atoms with Gasteiger partial charge in [-0.05, 0) is 19.1 Å². The number of nitrogens with zero attached hydrogens (tertiary/aromatic N) is 5. The van der Waals surface area contributed by atoms with Crippen molar-refractivity contribution in [2.24, 2.45) is 12.1 Å². The summed E-state index contributed by atoms with van der Waals surface area (Å²) in [6.07, 6.45) is 0. The Bertz CT molecular complexity index is 1310. The predicted octanol–water partition coefficient (Wildman–Crippen LogP) is 3.95. The van der Waals surface area contributed by atoms with Crippen LogP contribution in [0.2, 0.25) is 0 Å². The first-order valence-corrected chi connectivity index (χ1v) is 10.1. The first-order valence-electron chi connectivity index (χ1n) is 9.19. The summed E-state index contributed by atoms with van der Waals surface area (Å²) in [6, 6.07) is 21.1. The topological polar surface area (TPSA) is 88.0 Å². The van der Waals surface area contributed by atoms with Crippen LogP contribution < -0.4 is 11.0 Å². The summed E-state index contributed by atoms with van der Waals surface area (Å²) in [6.45, 7) is 1.82. The van der Waals surface area contributed by atoms with E-state index in [1.54, 1.807) is 16.4 Å². The van der Waals surface area contributed by atoms with Gasteiger partial charge in [0.1, 0.15) is 11.8 Å². The molecular weight excluding hydrogens is 396 g/mol. The van der Waals surface area contributed by atoms with E-state index in [9.17, 15) is 10.1 Å². The van der Waals surface area contributed by atoms with Crippen molar-refractivity contribution in [2.45, 2.75) is 6.92 Å². The molecule has 148 valence electrons. The maximum Gasteiger partial charge on any atom is 0.296 e. The fraction of sp³-hybridized carbons (Fsp3) is 0.0909. The Morgan fingerprint density at radius 3 is 2.47 bits per heavy atom. The summed E-state index contributed by atoms with van der Waals surface area (Å²) in [5.74, 6) is 0. The van der Waals surface area contributed by atoms with Gasteiger partial charge in [-0.3, -0.25) is 14.9 Å². The number of hydrazone groups is 1. The summed E-state index contributed by atoms with van der Waals surface area (Å²) < 4.78 is 3.30. The van der Waals surface area contributed by atoms with Gasteiger partial charge in [0.2, 0.25) is 0 Å². The molecule has 2 aromatic heterocycles. The lowest BCUT2D eigenvalue weighted by Crippen LogP contribution is -2.20. The van der Waals surface area contributed by atoms with Gasteiger partial charge >= 0.3 is 0 Å². The first-order chi connectivity index (χ1) is 14.6. The van der Waals surface area contributed by atoms with E-state index in [1.807, 2.05) is 73.0 Å². The summed E-state index contributed by atoms with van der Waals surface area (Å²) >= 11 is 1.33. The van der Waals surface area contributed by atoms with Crippen LogP contribution in [0.15, 0.2) is 75.9 Å². The number of anilines is 1. The van der Waals surface area contributed by atoms with Crippen molar-refractivity contribution < 1.29 is 0 Å². The van der Waals surface area contributed by atoms with Crippen molar-refractivity contribution in [3.63, 3.8) is 0 Å².